The van der Waals surface area contributed by atoms with Gasteiger partial charge in [0.15, 0.2) is 0 Å². The standard InChI is InChI=1S/C25H31N5O6/c1-3-36-24-19(6-7-22(28-24)29-8-10-30(11-9-29)25(34)35-2)23(33)27-15-21(32)20-13-16-4-5-18(31)12-17(16)14-26-20/h4-7,12,14,20-21,31-32H,3,8-11,13,15H2,1-2H3,(H,27,33)/t20?,21-/m1/s1. The lowest BCUT2D eigenvalue weighted by molar-refractivity contribution is 0.0892. The monoisotopic (exact) mass is 497 g/mol. The first kappa shape index (κ1) is 25.2. The second-order valence-corrected chi connectivity index (χ2v) is 8.61. The number of hydrogen-bond donors (Lipinski definition) is 3. The number of methoxy groups -OCH3 is 1. The van der Waals surface area contributed by atoms with Crippen LogP contribution in [0.1, 0.15) is 28.4 Å². The molecule has 0 radical (unpaired) electrons. The number of rotatable bonds is 7. The van der Waals surface area contributed by atoms with Crippen LogP contribution in [0.2, 0.25) is 0 Å². The summed E-state index contributed by atoms with van der Waals surface area (Å²) in [5.74, 6) is 0.624. The number of pyridine rings is 1. The minimum absolute atomic E-state index is 0.0110. The first-order valence-corrected chi connectivity index (χ1v) is 11.9. The minimum atomic E-state index is -0.888. The number of aliphatic hydroxyl groups excluding tert-OH is 1. The number of fused-ring (bicyclic) bond motifs is 1. The fourth-order valence-electron chi connectivity index (χ4n) is 4.28. The summed E-state index contributed by atoms with van der Waals surface area (Å²) >= 11 is 0. The molecule has 0 bridgehead atoms. The number of hydrogen-bond acceptors (Lipinski definition) is 9. The molecule has 2 aliphatic heterocycles. The molecule has 2 amide bonds. The summed E-state index contributed by atoms with van der Waals surface area (Å²) in [4.78, 5) is 37.2. The van der Waals surface area contributed by atoms with Gasteiger partial charge in [-0.1, -0.05) is 6.07 Å². The Morgan fingerprint density at radius 1 is 1.19 bits per heavy atom. The van der Waals surface area contributed by atoms with E-state index in [0.29, 0.717) is 45.0 Å². The lowest BCUT2D eigenvalue weighted by Gasteiger charge is -2.34. The molecule has 0 saturated carbocycles. The minimum Gasteiger partial charge on any atom is -0.508 e. The van der Waals surface area contributed by atoms with Gasteiger partial charge in [0.2, 0.25) is 5.88 Å². The van der Waals surface area contributed by atoms with Crippen LogP contribution in [0.25, 0.3) is 0 Å². The predicted molar refractivity (Wildman–Crippen MR) is 133 cm³/mol. The number of benzene rings is 1. The van der Waals surface area contributed by atoms with E-state index >= 15 is 0 Å². The Hall–Kier alpha value is -3.86. The Morgan fingerprint density at radius 2 is 1.97 bits per heavy atom. The van der Waals surface area contributed by atoms with E-state index in [0.717, 1.165) is 11.1 Å². The number of aromatic nitrogens is 1. The molecule has 1 saturated heterocycles. The zero-order valence-electron chi connectivity index (χ0n) is 20.4. The number of aliphatic hydroxyl groups is 1. The smallest absolute Gasteiger partial charge is 0.409 e. The zero-order valence-corrected chi connectivity index (χ0v) is 20.4. The van der Waals surface area contributed by atoms with Gasteiger partial charge in [-0.15, -0.1) is 0 Å². The number of anilines is 1. The van der Waals surface area contributed by atoms with E-state index in [9.17, 15) is 19.8 Å². The molecular formula is C25H31N5O6. The molecule has 3 heterocycles. The Kier molecular flexibility index (Phi) is 7.89. The maximum Gasteiger partial charge on any atom is 0.409 e. The van der Waals surface area contributed by atoms with E-state index in [-0.39, 0.29) is 29.8 Å². The van der Waals surface area contributed by atoms with Crippen LogP contribution in [-0.4, -0.2) is 96.9 Å². The van der Waals surface area contributed by atoms with Crippen molar-refractivity contribution in [1.82, 2.24) is 15.2 Å². The molecule has 3 N–H and O–H groups in total. The zero-order chi connectivity index (χ0) is 25.7. The summed E-state index contributed by atoms with van der Waals surface area (Å²) in [6.45, 7) is 4.33. The highest BCUT2D eigenvalue weighted by molar-refractivity contribution is 5.96. The lowest BCUT2D eigenvalue weighted by Crippen LogP contribution is -2.49. The third-order valence-corrected chi connectivity index (χ3v) is 6.29. The van der Waals surface area contributed by atoms with E-state index in [1.54, 1.807) is 35.4 Å². The summed E-state index contributed by atoms with van der Waals surface area (Å²) < 4.78 is 10.4. The van der Waals surface area contributed by atoms with E-state index in [2.05, 4.69) is 15.3 Å². The predicted octanol–water partition coefficient (Wildman–Crippen LogP) is 1.21. The SMILES string of the molecule is CCOc1nc(N2CCN(C(=O)OC)CC2)ccc1C(=O)NC[C@@H](O)C1Cc2ccc(O)cc2C=N1. The number of nitrogens with zero attached hydrogens (tertiary/aromatic N) is 4. The molecule has 2 aliphatic rings. The first-order chi connectivity index (χ1) is 17.4. The third-order valence-electron chi connectivity index (χ3n) is 6.29. The molecule has 2 atom stereocenters. The number of piperazine rings is 1. The van der Waals surface area contributed by atoms with Gasteiger partial charge >= 0.3 is 6.09 Å². The van der Waals surface area contributed by atoms with Gasteiger partial charge in [0.05, 0.1) is 25.9 Å². The Morgan fingerprint density at radius 3 is 2.69 bits per heavy atom. The van der Waals surface area contributed by atoms with Crippen molar-refractivity contribution in [2.45, 2.75) is 25.5 Å². The maximum atomic E-state index is 12.9. The molecule has 1 aromatic carbocycles. The number of carbonyl (C=O) groups is 2. The van der Waals surface area contributed by atoms with Gasteiger partial charge < -0.3 is 34.8 Å². The second-order valence-electron chi connectivity index (χ2n) is 8.61. The molecule has 4 rings (SSSR count). The molecule has 0 aliphatic carbocycles. The van der Waals surface area contributed by atoms with Crippen LogP contribution < -0.4 is 15.0 Å². The van der Waals surface area contributed by atoms with Crippen molar-refractivity contribution in [3.05, 3.63) is 47.0 Å². The summed E-state index contributed by atoms with van der Waals surface area (Å²) in [5.41, 5.74) is 2.07. The molecule has 11 nitrogen and oxygen atoms in total. The van der Waals surface area contributed by atoms with Crippen LogP contribution in [0, 0.1) is 0 Å². The van der Waals surface area contributed by atoms with Crippen LogP contribution in [0.3, 0.4) is 0 Å². The average Bonchev–Trinajstić information content (AvgIpc) is 2.91. The van der Waals surface area contributed by atoms with Crippen molar-refractivity contribution in [3.8, 4) is 11.6 Å². The van der Waals surface area contributed by atoms with Crippen molar-refractivity contribution in [1.29, 1.82) is 0 Å². The Bertz CT molecular complexity index is 1130. The lowest BCUT2D eigenvalue weighted by atomic mass is 9.95. The number of aliphatic imine (C=N–C) groups is 1. The van der Waals surface area contributed by atoms with Crippen LogP contribution in [0.5, 0.6) is 11.6 Å². The fraction of sp³-hybridized carbons (Fsp3) is 0.440. The van der Waals surface area contributed by atoms with Crippen molar-refractivity contribution in [2.75, 3.05) is 51.3 Å². The van der Waals surface area contributed by atoms with Crippen LogP contribution in [-0.2, 0) is 11.2 Å². The highest BCUT2D eigenvalue weighted by atomic mass is 16.5. The van der Waals surface area contributed by atoms with Gasteiger partial charge in [-0.05, 0) is 48.7 Å². The van der Waals surface area contributed by atoms with Crippen molar-refractivity contribution in [3.63, 3.8) is 0 Å². The number of aromatic hydroxyl groups is 1. The molecule has 0 spiro atoms. The normalized spacial score (nSPS) is 17.8. The Balaban J connectivity index is 1.37. The quantitative estimate of drug-likeness (QED) is 0.519. The topological polar surface area (TPSA) is 137 Å². The molecule has 36 heavy (non-hydrogen) atoms. The van der Waals surface area contributed by atoms with E-state index in [1.807, 2.05) is 17.9 Å². The van der Waals surface area contributed by atoms with E-state index in [1.165, 1.54) is 7.11 Å². The van der Waals surface area contributed by atoms with Gasteiger partial charge in [-0.3, -0.25) is 9.79 Å². The molecule has 1 aromatic heterocycles. The largest absolute Gasteiger partial charge is 0.508 e. The highest BCUT2D eigenvalue weighted by Gasteiger charge is 2.26. The molecule has 2 aromatic rings. The van der Waals surface area contributed by atoms with E-state index in [4.69, 9.17) is 9.47 Å². The van der Waals surface area contributed by atoms with Crippen molar-refractivity contribution < 1.29 is 29.3 Å². The molecule has 11 heteroatoms. The maximum absolute atomic E-state index is 12.9. The van der Waals surface area contributed by atoms with Gasteiger partial charge in [0.25, 0.3) is 5.91 Å². The van der Waals surface area contributed by atoms with Crippen molar-refractivity contribution in [2.24, 2.45) is 4.99 Å². The number of carbonyl (C=O) groups excluding carboxylic acids is 2. The summed E-state index contributed by atoms with van der Waals surface area (Å²) in [5, 5.41) is 23.0. The van der Waals surface area contributed by atoms with Crippen LogP contribution in [0.15, 0.2) is 35.3 Å². The highest BCUT2D eigenvalue weighted by Crippen LogP contribution is 2.24. The van der Waals surface area contributed by atoms with Crippen molar-refractivity contribution >= 4 is 24.0 Å². The molecule has 192 valence electrons. The third kappa shape index (κ3) is 5.68. The summed E-state index contributed by atoms with van der Waals surface area (Å²) in [7, 11) is 1.36. The average molecular weight is 498 g/mol. The molecular weight excluding hydrogens is 466 g/mol. The van der Waals surface area contributed by atoms with Gasteiger partial charge in [-0.25, -0.2) is 4.79 Å². The van der Waals surface area contributed by atoms with Gasteiger partial charge in [-0.2, -0.15) is 4.98 Å². The number of phenols is 1. The number of nitrogens with one attached hydrogen (secondary N) is 1. The van der Waals surface area contributed by atoms with Gasteiger partial charge in [0.1, 0.15) is 17.1 Å². The van der Waals surface area contributed by atoms with Crippen LogP contribution in [0.4, 0.5) is 10.6 Å². The number of ether oxygens (including phenoxy) is 2. The number of phenolic OH excluding ortho intramolecular Hbond substituents is 1. The summed E-state index contributed by atoms with van der Waals surface area (Å²) in [6, 6.07) is 8.05. The molecule has 1 fully saturated rings. The summed E-state index contributed by atoms with van der Waals surface area (Å²) in [6.07, 6.45) is 0.900. The van der Waals surface area contributed by atoms with E-state index < -0.39 is 18.1 Å². The number of amides is 2. The molecule has 1 unspecified atom stereocenters. The second kappa shape index (κ2) is 11.3. The van der Waals surface area contributed by atoms with Crippen LogP contribution >= 0.6 is 0 Å². The first-order valence-electron chi connectivity index (χ1n) is 11.9. The Labute approximate surface area is 209 Å². The fourth-order valence-corrected chi connectivity index (χ4v) is 4.28. The van der Waals surface area contributed by atoms with Gasteiger partial charge in [0, 0.05) is 38.9 Å².